The van der Waals surface area contributed by atoms with Gasteiger partial charge < -0.3 is 4.42 Å². The van der Waals surface area contributed by atoms with Gasteiger partial charge >= 0.3 is 0 Å². The Morgan fingerprint density at radius 3 is 2.68 bits per heavy atom. The number of hydrogen-bond donors (Lipinski definition) is 0. The maximum absolute atomic E-state index is 12.7. The van der Waals surface area contributed by atoms with Crippen LogP contribution in [0.1, 0.15) is 5.76 Å². The minimum atomic E-state index is -0.463. The molecule has 10 heteroatoms. The fourth-order valence-corrected chi connectivity index (χ4v) is 4.15. The second kappa shape index (κ2) is 7.46. The number of halogens is 1. The lowest BCUT2D eigenvalue weighted by atomic mass is 10.1. The number of nitro groups is 1. The van der Waals surface area contributed by atoms with E-state index in [-0.39, 0.29) is 11.2 Å². The van der Waals surface area contributed by atoms with Crippen LogP contribution in [0.5, 0.6) is 0 Å². The fourth-order valence-electron chi connectivity index (χ4n) is 3.07. The van der Waals surface area contributed by atoms with Crippen molar-refractivity contribution >= 4 is 39.7 Å². The van der Waals surface area contributed by atoms with Gasteiger partial charge in [0.1, 0.15) is 16.1 Å². The summed E-state index contributed by atoms with van der Waals surface area (Å²) in [5.74, 6) is 1.33. The molecular weight excluding hydrogens is 440 g/mol. The van der Waals surface area contributed by atoms with Gasteiger partial charge in [-0.3, -0.25) is 14.9 Å². The van der Waals surface area contributed by atoms with Crippen molar-refractivity contribution in [3.8, 4) is 22.7 Å². The highest BCUT2D eigenvalue weighted by Crippen LogP contribution is 2.26. The van der Waals surface area contributed by atoms with Crippen molar-refractivity contribution in [2.75, 3.05) is 0 Å². The van der Waals surface area contributed by atoms with E-state index in [1.807, 2.05) is 6.07 Å². The lowest BCUT2D eigenvalue weighted by Crippen LogP contribution is -2.23. The van der Waals surface area contributed by atoms with E-state index in [2.05, 4.69) is 10.1 Å². The molecule has 5 rings (SSSR count). The van der Waals surface area contributed by atoms with Crippen molar-refractivity contribution in [2.24, 2.45) is 0 Å². The number of benzene rings is 2. The van der Waals surface area contributed by atoms with Gasteiger partial charge in [-0.05, 0) is 24.3 Å². The molecule has 0 radical (unpaired) electrons. The predicted octanol–water partition coefficient (Wildman–Crippen LogP) is 4.19. The summed E-state index contributed by atoms with van der Waals surface area (Å²) < 4.78 is 7.42. The van der Waals surface area contributed by atoms with Crippen LogP contribution in [0.15, 0.2) is 69.9 Å². The van der Waals surface area contributed by atoms with Crippen LogP contribution in [0.2, 0.25) is 5.02 Å². The van der Waals surface area contributed by atoms with Crippen molar-refractivity contribution in [3.63, 3.8) is 0 Å². The van der Waals surface area contributed by atoms with E-state index in [0.717, 1.165) is 5.56 Å². The van der Waals surface area contributed by atoms with Gasteiger partial charge in [-0.2, -0.15) is 9.50 Å². The molecule has 0 saturated heterocycles. The van der Waals surface area contributed by atoms with Crippen LogP contribution in [0.25, 0.3) is 33.7 Å². The highest BCUT2D eigenvalue weighted by atomic mass is 35.5. The first-order valence-electron chi connectivity index (χ1n) is 9.00. The molecule has 0 unspecified atom stereocenters. The first-order chi connectivity index (χ1) is 15.0. The van der Waals surface area contributed by atoms with Crippen LogP contribution < -0.4 is 10.1 Å². The Morgan fingerprint density at radius 2 is 1.90 bits per heavy atom. The lowest BCUT2D eigenvalue weighted by molar-refractivity contribution is -0.384. The van der Waals surface area contributed by atoms with Gasteiger partial charge in [0.05, 0.1) is 4.92 Å². The summed E-state index contributed by atoms with van der Waals surface area (Å²) in [4.78, 5) is 28.1. The molecule has 5 aromatic rings. The highest BCUT2D eigenvalue weighted by Gasteiger charge is 2.13. The van der Waals surface area contributed by atoms with E-state index >= 15 is 0 Å². The molecular formula is C21H11ClN4O4S. The number of rotatable bonds is 4. The standard InChI is InChI=1S/C21H11ClN4O4S/c22-14-5-1-4-13(9-14)19-23-21-25(24-19)20(27)18(31-21)11-16-7-8-17(30-16)12-3-2-6-15(10-12)26(28)29/h1-11H/b18-11-. The van der Waals surface area contributed by atoms with E-state index in [4.69, 9.17) is 16.0 Å². The molecule has 0 aliphatic carbocycles. The normalized spacial score (nSPS) is 12.0. The molecule has 3 heterocycles. The third-order valence-electron chi connectivity index (χ3n) is 4.51. The van der Waals surface area contributed by atoms with Crippen molar-refractivity contribution in [3.05, 3.63) is 96.4 Å². The van der Waals surface area contributed by atoms with Gasteiger partial charge in [-0.15, -0.1) is 5.10 Å². The smallest absolute Gasteiger partial charge is 0.291 e. The molecule has 31 heavy (non-hydrogen) atoms. The summed E-state index contributed by atoms with van der Waals surface area (Å²) >= 11 is 7.20. The average molecular weight is 451 g/mol. The average Bonchev–Trinajstić information content (AvgIpc) is 3.46. The Morgan fingerprint density at radius 1 is 1.10 bits per heavy atom. The van der Waals surface area contributed by atoms with Gasteiger partial charge in [0.2, 0.25) is 4.96 Å². The number of aromatic nitrogens is 3. The van der Waals surface area contributed by atoms with E-state index in [9.17, 15) is 14.9 Å². The Hall–Kier alpha value is -3.82. The zero-order chi connectivity index (χ0) is 21.5. The minimum Gasteiger partial charge on any atom is -0.457 e. The second-order valence-electron chi connectivity index (χ2n) is 6.57. The topological polar surface area (TPSA) is 104 Å². The molecule has 152 valence electrons. The SMILES string of the molecule is O=c1/c(=C/c2ccc(-c3cccc([N+](=O)[O-])c3)o2)sc2nc(-c3cccc(Cl)c3)nn12. The zero-order valence-electron chi connectivity index (χ0n) is 15.6. The van der Waals surface area contributed by atoms with Crippen LogP contribution in [-0.4, -0.2) is 19.5 Å². The molecule has 0 aliphatic heterocycles. The van der Waals surface area contributed by atoms with Gasteiger partial charge in [0.15, 0.2) is 5.82 Å². The molecule has 0 atom stereocenters. The first kappa shape index (κ1) is 19.2. The summed E-state index contributed by atoms with van der Waals surface area (Å²) in [5, 5.41) is 15.8. The lowest BCUT2D eigenvalue weighted by Gasteiger charge is -1.96. The Balaban J connectivity index is 1.50. The summed E-state index contributed by atoms with van der Waals surface area (Å²) in [6.45, 7) is 0. The van der Waals surface area contributed by atoms with E-state index in [0.29, 0.717) is 37.4 Å². The number of nitrogens with zero attached hydrogens (tertiary/aromatic N) is 4. The van der Waals surface area contributed by atoms with Crippen molar-refractivity contribution in [1.29, 1.82) is 0 Å². The Bertz CT molecular complexity index is 1570. The molecule has 0 bridgehead atoms. The molecule has 3 aromatic heterocycles. The van der Waals surface area contributed by atoms with Crippen LogP contribution in [0.3, 0.4) is 0 Å². The summed E-state index contributed by atoms with van der Waals surface area (Å²) in [6, 6.07) is 16.6. The van der Waals surface area contributed by atoms with Gasteiger partial charge in [-0.25, -0.2) is 0 Å². The van der Waals surface area contributed by atoms with Crippen LogP contribution in [0, 0.1) is 10.1 Å². The maximum atomic E-state index is 12.7. The number of thiazole rings is 1. The second-order valence-corrected chi connectivity index (χ2v) is 8.01. The quantitative estimate of drug-likeness (QED) is 0.300. The maximum Gasteiger partial charge on any atom is 0.291 e. The van der Waals surface area contributed by atoms with Crippen molar-refractivity contribution in [2.45, 2.75) is 0 Å². The van der Waals surface area contributed by atoms with Crippen LogP contribution in [-0.2, 0) is 0 Å². The molecule has 8 nitrogen and oxygen atoms in total. The summed E-state index contributed by atoms with van der Waals surface area (Å²) in [7, 11) is 0. The Kier molecular flexibility index (Phi) is 4.61. The molecule has 2 aromatic carbocycles. The Labute approximate surface area is 182 Å². The van der Waals surface area contributed by atoms with Crippen LogP contribution >= 0.6 is 22.9 Å². The molecule has 0 N–H and O–H groups in total. The van der Waals surface area contributed by atoms with E-state index in [1.165, 1.54) is 28.0 Å². The third kappa shape index (κ3) is 3.60. The van der Waals surface area contributed by atoms with Crippen molar-refractivity contribution in [1.82, 2.24) is 14.6 Å². The summed E-state index contributed by atoms with van der Waals surface area (Å²) in [5.41, 5.74) is 0.961. The number of fused-ring (bicyclic) bond motifs is 1. The zero-order valence-corrected chi connectivity index (χ0v) is 17.1. The van der Waals surface area contributed by atoms with Gasteiger partial charge in [0, 0.05) is 34.4 Å². The molecule has 0 fully saturated rings. The van der Waals surface area contributed by atoms with Crippen LogP contribution in [0.4, 0.5) is 5.69 Å². The van der Waals surface area contributed by atoms with E-state index < -0.39 is 4.92 Å². The highest BCUT2D eigenvalue weighted by molar-refractivity contribution is 7.15. The predicted molar refractivity (Wildman–Crippen MR) is 117 cm³/mol. The first-order valence-corrected chi connectivity index (χ1v) is 10.2. The van der Waals surface area contributed by atoms with E-state index in [1.54, 1.807) is 48.5 Å². The summed E-state index contributed by atoms with van der Waals surface area (Å²) in [6.07, 6.45) is 1.60. The molecule has 0 saturated carbocycles. The number of non-ortho nitro benzene ring substituents is 1. The van der Waals surface area contributed by atoms with Crippen molar-refractivity contribution < 1.29 is 9.34 Å². The monoisotopic (exact) mass is 450 g/mol. The molecule has 0 spiro atoms. The molecule has 0 aliphatic rings. The number of nitro benzene ring substituents is 1. The number of hydrogen-bond acceptors (Lipinski definition) is 7. The minimum absolute atomic E-state index is 0.0256. The number of furan rings is 1. The largest absolute Gasteiger partial charge is 0.457 e. The third-order valence-corrected chi connectivity index (χ3v) is 5.70. The van der Waals surface area contributed by atoms with Gasteiger partial charge in [-0.1, -0.05) is 47.2 Å². The van der Waals surface area contributed by atoms with Gasteiger partial charge in [0.25, 0.3) is 11.2 Å². The fraction of sp³-hybridized carbons (Fsp3) is 0. The molecule has 0 amide bonds.